The number of rotatable bonds is 6. The summed E-state index contributed by atoms with van der Waals surface area (Å²) in [5.41, 5.74) is 7.25. The van der Waals surface area contributed by atoms with Crippen LogP contribution in [0.3, 0.4) is 0 Å². The average Bonchev–Trinajstić information content (AvgIpc) is 3.31. The number of nitrogens with zero attached hydrogens (tertiary/aromatic N) is 3. The summed E-state index contributed by atoms with van der Waals surface area (Å²) >= 11 is 0. The van der Waals surface area contributed by atoms with Gasteiger partial charge in [-0.05, 0) is 61.5 Å². The van der Waals surface area contributed by atoms with Crippen molar-refractivity contribution in [1.82, 2.24) is 15.0 Å². The fraction of sp³-hybridized carbons (Fsp3) is 0.154. The zero-order valence-electron chi connectivity index (χ0n) is 25.9. The highest BCUT2D eigenvalue weighted by Crippen LogP contribution is 2.38. The highest BCUT2D eigenvalue weighted by atomic mass is 16.7. The normalized spacial score (nSPS) is 15.2. The lowest BCUT2D eigenvalue weighted by molar-refractivity contribution is 0.00578. The highest BCUT2D eigenvalue weighted by Gasteiger charge is 2.52. The number of hydrogen-bond donors (Lipinski definition) is 0. The van der Waals surface area contributed by atoms with Crippen LogP contribution in [0.1, 0.15) is 27.7 Å². The van der Waals surface area contributed by atoms with Crippen LogP contribution >= 0.6 is 0 Å². The van der Waals surface area contributed by atoms with Crippen LogP contribution in [0.5, 0.6) is 0 Å². The monoisotopic (exact) mass is 587 g/mol. The molecule has 6 heteroatoms. The van der Waals surface area contributed by atoms with Crippen LogP contribution in [0.4, 0.5) is 0 Å². The molecule has 0 bridgehead atoms. The lowest BCUT2D eigenvalue weighted by Crippen LogP contribution is -2.41. The van der Waals surface area contributed by atoms with Gasteiger partial charge in [-0.15, -0.1) is 0 Å². The maximum absolute atomic E-state index is 6.45. The number of hydrogen-bond acceptors (Lipinski definition) is 5. The second kappa shape index (κ2) is 11.5. The molecule has 0 atom stereocenters. The maximum Gasteiger partial charge on any atom is 0.495 e. The first kappa shape index (κ1) is 28.8. The SMILES string of the molecule is CC1(C)OB(c2ccccc2-c2cccc(-c3ccccc3-c3nc(-c4ccccc4)nc(-c4ccccc4)n3)c2)OC1(C)C. The van der Waals surface area contributed by atoms with Gasteiger partial charge >= 0.3 is 7.12 Å². The topological polar surface area (TPSA) is 57.1 Å². The van der Waals surface area contributed by atoms with Crippen LogP contribution in [-0.2, 0) is 9.31 Å². The molecule has 0 amide bonds. The largest absolute Gasteiger partial charge is 0.495 e. The minimum Gasteiger partial charge on any atom is -0.399 e. The third-order valence-electron chi connectivity index (χ3n) is 8.82. The molecule has 0 saturated carbocycles. The first-order chi connectivity index (χ1) is 21.8. The van der Waals surface area contributed by atoms with E-state index in [1.807, 2.05) is 72.8 Å². The Morgan fingerprint density at radius 1 is 0.422 bits per heavy atom. The Morgan fingerprint density at radius 3 is 1.42 bits per heavy atom. The number of benzene rings is 5. The molecule has 0 N–H and O–H groups in total. The Morgan fingerprint density at radius 2 is 0.844 bits per heavy atom. The van der Waals surface area contributed by atoms with Crippen molar-refractivity contribution in [2.75, 3.05) is 0 Å². The predicted molar refractivity (Wildman–Crippen MR) is 183 cm³/mol. The summed E-state index contributed by atoms with van der Waals surface area (Å²) in [5, 5.41) is 0. The molecule has 0 spiro atoms. The molecule has 1 aliphatic rings. The summed E-state index contributed by atoms with van der Waals surface area (Å²) in [6, 6.07) is 45.3. The average molecular weight is 588 g/mol. The van der Waals surface area contributed by atoms with Gasteiger partial charge in [0.05, 0.1) is 11.2 Å². The predicted octanol–water partition coefficient (Wildman–Crippen LogP) is 8.51. The standard InChI is InChI=1S/C39H34BN3O2/c1-38(2)39(3,4)45-40(44-38)34-25-14-13-23-32(34)30-21-15-20-29(26-30)31-22-11-12-24-33(31)37-42-35(27-16-7-5-8-17-27)41-36(43-37)28-18-9-6-10-19-28/h5-26H,1-4H3. The van der Waals surface area contributed by atoms with E-state index in [1.54, 1.807) is 0 Å². The quantitative estimate of drug-likeness (QED) is 0.183. The Labute approximate surface area is 265 Å². The van der Waals surface area contributed by atoms with E-state index in [1.165, 1.54) is 0 Å². The second-order valence-electron chi connectivity index (χ2n) is 12.3. The summed E-state index contributed by atoms with van der Waals surface area (Å²) in [5.74, 6) is 1.90. The van der Waals surface area contributed by atoms with Crippen LogP contribution < -0.4 is 5.46 Å². The molecule has 1 fully saturated rings. The van der Waals surface area contributed by atoms with Crippen molar-refractivity contribution in [1.29, 1.82) is 0 Å². The first-order valence-corrected chi connectivity index (χ1v) is 15.3. The molecule has 5 nitrogen and oxygen atoms in total. The van der Waals surface area contributed by atoms with Crippen LogP contribution in [0.15, 0.2) is 133 Å². The van der Waals surface area contributed by atoms with E-state index < -0.39 is 18.3 Å². The second-order valence-corrected chi connectivity index (χ2v) is 12.3. The van der Waals surface area contributed by atoms with Crippen molar-refractivity contribution in [3.05, 3.63) is 133 Å². The van der Waals surface area contributed by atoms with Crippen LogP contribution in [0, 0.1) is 0 Å². The molecule has 0 aliphatic carbocycles. The third-order valence-corrected chi connectivity index (χ3v) is 8.82. The van der Waals surface area contributed by atoms with Gasteiger partial charge in [0.1, 0.15) is 0 Å². The van der Waals surface area contributed by atoms with Crippen molar-refractivity contribution in [2.45, 2.75) is 38.9 Å². The lowest BCUT2D eigenvalue weighted by atomic mass is 9.74. The van der Waals surface area contributed by atoms with Crippen LogP contribution in [0.2, 0.25) is 0 Å². The fourth-order valence-corrected chi connectivity index (χ4v) is 5.65. The molecule has 0 unspecified atom stereocenters. The lowest BCUT2D eigenvalue weighted by Gasteiger charge is -2.32. The summed E-state index contributed by atoms with van der Waals surface area (Å²) in [4.78, 5) is 14.9. The Kier molecular flexibility index (Phi) is 7.40. The Hall–Kier alpha value is -4.91. The van der Waals surface area contributed by atoms with E-state index in [4.69, 9.17) is 24.3 Å². The highest BCUT2D eigenvalue weighted by molar-refractivity contribution is 6.63. The Balaban J connectivity index is 1.33. The van der Waals surface area contributed by atoms with E-state index in [9.17, 15) is 0 Å². The molecule has 5 aromatic carbocycles. The van der Waals surface area contributed by atoms with Gasteiger partial charge in [-0.2, -0.15) is 0 Å². The molecule has 6 aromatic rings. The fourth-order valence-electron chi connectivity index (χ4n) is 5.65. The molecule has 7 rings (SSSR count). The molecule has 1 saturated heterocycles. The zero-order chi connectivity index (χ0) is 31.0. The molecule has 1 aliphatic heterocycles. The van der Waals surface area contributed by atoms with Gasteiger partial charge in [0.15, 0.2) is 17.5 Å². The molecular formula is C39H34BN3O2. The molecule has 45 heavy (non-hydrogen) atoms. The van der Waals surface area contributed by atoms with Gasteiger partial charge in [-0.1, -0.05) is 127 Å². The van der Waals surface area contributed by atoms with E-state index in [-0.39, 0.29) is 0 Å². The number of aromatic nitrogens is 3. The van der Waals surface area contributed by atoms with Gasteiger partial charge in [-0.25, -0.2) is 15.0 Å². The maximum atomic E-state index is 6.45. The smallest absolute Gasteiger partial charge is 0.399 e. The summed E-state index contributed by atoms with van der Waals surface area (Å²) in [6.07, 6.45) is 0. The molecule has 1 aromatic heterocycles. The van der Waals surface area contributed by atoms with E-state index in [0.717, 1.165) is 44.4 Å². The molecule has 220 valence electrons. The van der Waals surface area contributed by atoms with Gasteiger partial charge in [0, 0.05) is 16.7 Å². The zero-order valence-corrected chi connectivity index (χ0v) is 25.9. The molecule has 0 radical (unpaired) electrons. The minimum atomic E-state index is -0.458. The van der Waals surface area contributed by atoms with E-state index in [2.05, 4.69) is 88.4 Å². The van der Waals surface area contributed by atoms with Crippen LogP contribution in [-0.4, -0.2) is 33.3 Å². The summed E-state index contributed by atoms with van der Waals surface area (Å²) < 4.78 is 12.9. The van der Waals surface area contributed by atoms with Crippen LogP contribution in [0.25, 0.3) is 56.4 Å². The first-order valence-electron chi connectivity index (χ1n) is 15.3. The van der Waals surface area contributed by atoms with Crippen molar-refractivity contribution in [2.24, 2.45) is 0 Å². The van der Waals surface area contributed by atoms with Gasteiger partial charge in [-0.3, -0.25) is 0 Å². The van der Waals surface area contributed by atoms with Crippen molar-refractivity contribution < 1.29 is 9.31 Å². The Bertz CT molecular complexity index is 1900. The summed E-state index contributed by atoms with van der Waals surface area (Å²) in [7, 11) is -0.458. The summed E-state index contributed by atoms with van der Waals surface area (Å²) in [6.45, 7) is 8.34. The van der Waals surface area contributed by atoms with Gasteiger partial charge < -0.3 is 9.31 Å². The van der Waals surface area contributed by atoms with Gasteiger partial charge in [0.25, 0.3) is 0 Å². The minimum absolute atomic E-state index is 0.423. The van der Waals surface area contributed by atoms with Crippen molar-refractivity contribution >= 4 is 12.6 Å². The van der Waals surface area contributed by atoms with E-state index >= 15 is 0 Å². The third kappa shape index (κ3) is 5.59. The van der Waals surface area contributed by atoms with Crippen molar-refractivity contribution in [3.8, 4) is 56.4 Å². The molecule has 2 heterocycles. The van der Waals surface area contributed by atoms with Crippen molar-refractivity contribution in [3.63, 3.8) is 0 Å². The van der Waals surface area contributed by atoms with Gasteiger partial charge in [0.2, 0.25) is 0 Å². The van der Waals surface area contributed by atoms with E-state index in [0.29, 0.717) is 17.5 Å². The molecular weight excluding hydrogens is 553 g/mol.